The third kappa shape index (κ3) is 2.91. The Labute approximate surface area is 124 Å². The molecule has 1 aliphatic rings. The van der Waals surface area contributed by atoms with E-state index in [4.69, 9.17) is 4.52 Å². The minimum Gasteiger partial charge on any atom is -0.339 e. The van der Waals surface area contributed by atoms with E-state index >= 15 is 0 Å². The maximum Gasteiger partial charge on any atom is 0.228 e. The van der Waals surface area contributed by atoms with Crippen molar-refractivity contribution in [2.75, 3.05) is 7.05 Å². The quantitative estimate of drug-likeness (QED) is 0.908. The molecule has 6 heteroatoms. The smallest absolute Gasteiger partial charge is 0.228 e. The summed E-state index contributed by atoms with van der Waals surface area (Å²) in [4.78, 5) is 4.37. The minimum absolute atomic E-state index is 0.319. The Bertz CT molecular complexity index is 612. The molecular formula is C14H15BrFN3O. The lowest BCUT2D eigenvalue weighted by Crippen LogP contribution is -2.29. The molecule has 0 bridgehead atoms. The Balaban J connectivity index is 1.80. The Morgan fingerprint density at radius 1 is 1.50 bits per heavy atom. The van der Waals surface area contributed by atoms with Crippen LogP contribution in [0.15, 0.2) is 27.2 Å². The van der Waals surface area contributed by atoms with E-state index in [1.165, 1.54) is 25.0 Å². The van der Waals surface area contributed by atoms with Gasteiger partial charge in [-0.3, -0.25) is 0 Å². The van der Waals surface area contributed by atoms with Crippen molar-refractivity contribution in [1.29, 1.82) is 0 Å². The van der Waals surface area contributed by atoms with Crippen molar-refractivity contribution in [3.8, 4) is 11.4 Å². The molecule has 0 saturated heterocycles. The summed E-state index contributed by atoms with van der Waals surface area (Å²) in [6.07, 6.45) is 3.21. The third-order valence-corrected chi connectivity index (χ3v) is 4.29. The molecule has 0 spiro atoms. The van der Waals surface area contributed by atoms with Crippen LogP contribution in [0.3, 0.4) is 0 Å². The number of aromatic nitrogens is 2. The van der Waals surface area contributed by atoms with E-state index in [2.05, 4.69) is 31.4 Å². The topological polar surface area (TPSA) is 51.0 Å². The van der Waals surface area contributed by atoms with Gasteiger partial charge in [0.25, 0.3) is 0 Å². The summed E-state index contributed by atoms with van der Waals surface area (Å²) in [5.74, 6) is 1.39. The number of likely N-dealkylation sites (N-methyl/N-ethyl adjacent to an activating group) is 1. The zero-order valence-electron chi connectivity index (χ0n) is 11.1. The van der Waals surface area contributed by atoms with Gasteiger partial charge in [-0.25, -0.2) is 4.39 Å². The van der Waals surface area contributed by atoms with Crippen LogP contribution in [-0.4, -0.2) is 23.2 Å². The van der Waals surface area contributed by atoms with Gasteiger partial charge >= 0.3 is 0 Å². The first-order valence-corrected chi connectivity index (χ1v) is 7.42. The molecule has 20 heavy (non-hydrogen) atoms. The van der Waals surface area contributed by atoms with Crippen LogP contribution in [0.4, 0.5) is 4.39 Å². The van der Waals surface area contributed by atoms with Gasteiger partial charge in [-0.15, -0.1) is 0 Å². The maximum atomic E-state index is 13.3. The summed E-state index contributed by atoms with van der Waals surface area (Å²) in [7, 11) is 1.95. The van der Waals surface area contributed by atoms with E-state index in [-0.39, 0.29) is 5.82 Å². The third-order valence-electron chi connectivity index (χ3n) is 3.59. The van der Waals surface area contributed by atoms with Crippen LogP contribution in [0, 0.1) is 11.7 Å². The van der Waals surface area contributed by atoms with Crippen molar-refractivity contribution >= 4 is 15.9 Å². The molecule has 1 aromatic heterocycles. The van der Waals surface area contributed by atoms with Crippen molar-refractivity contribution in [3.63, 3.8) is 0 Å². The lowest BCUT2D eigenvalue weighted by atomic mass is 10.1. The van der Waals surface area contributed by atoms with Crippen LogP contribution >= 0.6 is 15.9 Å². The van der Waals surface area contributed by atoms with Crippen molar-refractivity contribution < 1.29 is 8.91 Å². The van der Waals surface area contributed by atoms with Gasteiger partial charge in [-0.1, -0.05) is 21.1 Å². The second-order valence-electron chi connectivity index (χ2n) is 5.07. The summed E-state index contributed by atoms with van der Waals surface area (Å²) in [6, 6.07) is 4.80. The number of rotatable bonds is 5. The van der Waals surface area contributed by atoms with Gasteiger partial charge in [-0.2, -0.15) is 4.98 Å². The highest BCUT2D eigenvalue weighted by Crippen LogP contribution is 2.34. The molecule has 1 aromatic carbocycles. The standard InChI is InChI=1S/C14H15BrFN3O/c1-17-12(8-2-3-8)7-13-18-14(19-20-13)10-6-9(16)4-5-11(10)15/h4-6,8,12,17H,2-3,7H2,1H3. The maximum absolute atomic E-state index is 13.3. The highest BCUT2D eigenvalue weighted by Gasteiger charge is 2.31. The lowest BCUT2D eigenvalue weighted by Gasteiger charge is -2.11. The van der Waals surface area contributed by atoms with Crippen molar-refractivity contribution in [3.05, 3.63) is 34.4 Å². The number of hydrogen-bond acceptors (Lipinski definition) is 4. The van der Waals surface area contributed by atoms with E-state index < -0.39 is 0 Å². The van der Waals surface area contributed by atoms with E-state index in [0.717, 1.165) is 4.47 Å². The SMILES string of the molecule is CNC(Cc1nc(-c2cc(F)ccc2Br)no1)C1CC1. The van der Waals surface area contributed by atoms with Crippen LogP contribution < -0.4 is 5.32 Å². The van der Waals surface area contributed by atoms with Gasteiger partial charge in [0.15, 0.2) is 0 Å². The molecule has 1 fully saturated rings. The average Bonchev–Trinajstić information content (AvgIpc) is 3.18. The molecular weight excluding hydrogens is 325 g/mol. The Hall–Kier alpha value is -1.27. The average molecular weight is 340 g/mol. The first-order valence-electron chi connectivity index (χ1n) is 6.62. The predicted octanol–water partition coefficient (Wildman–Crippen LogP) is 3.18. The van der Waals surface area contributed by atoms with Gasteiger partial charge in [0.05, 0.1) is 0 Å². The Kier molecular flexibility index (Phi) is 3.85. The Morgan fingerprint density at radius 2 is 2.30 bits per heavy atom. The highest BCUT2D eigenvalue weighted by atomic mass is 79.9. The fraction of sp³-hybridized carbons (Fsp3) is 0.429. The number of hydrogen-bond donors (Lipinski definition) is 1. The van der Waals surface area contributed by atoms with E-state index in [9.17, 15) is 4.39 Å². The monoisotopic (exact) mass is 339 g/mol. The summed E-state index contributed by atoms with van der Waals surface area (Å²) in [6.45, 7) is 0. The minimum atomic E-state index is -0.319. The van der Waals surface area contributed by atoms with Gasteiger partial charge in [-0.05, 0) is 44.0 Å². The number of nitrogens with zero attached hydrogens (tertiary/aromatic N) is 2. The molecule has 0 amide bonds. The van der Waals surface area contributed by atoms with Crippen LogP contribution in [0.5, 0.6) is 0 Å². The second kappa shape index (κ2) is 5.61. The summed E-state index contributed by atoms with van der Waals surface area (Å²) >= 11 is 3.37. The van der Waals surface area contributed by atoms with Crippen LogP contribution in [0.2, 0.25) is 0 Å². The van der Waals surface area contributed by atoms with E-state index in [0.29, 0.717) is 35.7 Å². The number of halogens is 2. The molecule has 1 atom stereocenters. The molecule has 1 saturated carbocycles. The van der Waals surface area contributed by atoms with Gasteiger partial charge in [0.1, 0.15) is 5.82 Å². The van der Waals surface area contributed by atoms with Crippen LogP contribution in [-0.2, 0) is 6.42 Å². The first kappa shape index (κ1) is 13.7. The molecule has 106 valence electrons. The zero-order chi connectivity index (χ0) is 14.1. The molecule has 1 unspecified atom stereocenters. The normalized spacial score (nSPS) is 16.4. The predicted molar refractivity (Wildman–Crippen MR) is 76.7 cm³/mol. The summed E-state index contributed by atoms with van der Waals surface area (Å²) in [5, 5.41) is 7.23. The van der Waals surface area contributed by atoms with Crippen molar-refractivity contribution in [1.82, 2.24) is 15.5 Å². The molecule has 0 radical (unpaired) electrons. The van der Waals surface area contributed by atoms with Crippen molar-refractivity contribution in [2.24, 2.45) is 5.92 Å². The van der Waals surface area contributed by atoms with E-state index in [1.54, 1.807) is 6.07 Å². The zero-order valence-corrected chi connectivity index (χ0v) is 12.7. The van der Waals surface area contributed by atoms with Crippen molar-refractivity contribution in [2.45, 2.75) is 25.3 Å². The highest BCUT2D eigenvalue weighted by molar-refractivity contribution is 9.10. The number of nitrogens with one attached hydrogen (secondary N) is 1. The first-order chi connectivity index (χ1) is 9.67. The van der Waals surface area contributed by atoms with Gasteiger partial charge in [0.2, 0.25) is 11.7 Å². The van der Waals surface area contributed by atoms with Gasteiger partial charge < -0.3 is 9.84 Å². The Morgan fingerprint density at radius 3 is 3.00 bits per heavy atom. The molecule has 1 N–H and O–H groups in total. The number of benzene rings is 1. The largest absolute Gasteiger partial charge is 0.339 e. The molecule has 3 rings (SSSR count). The van der Waals surface area contributed by atoms with Crippen LogP contribution in [0.1, 0.15) is 18.7 Å². The molecule has 4 nitrogen and oxygen atoms in total. The molecule has 1 aliphatic carbocycles. The summed E-state index contributed by atoms with van der Waals surface area (Å²) < 4.78 is 19.3. The molecule has 0 aliphatic heterocycles. The fourth-order valence-corrected chi connectivity index (χ4v) is 2.73. The fourth-order valence-electron chi connectivity index (χ4n) is 2.31. The summed E-state index contributed by atoms with van der Waals surface area (Å²) in [5.41, 5.74) is 0.604. The second-order valence-corrected chi connectivity index (χ2v) is 5.93. The van der Waals surface area contributed by atoms with Crippen LogP contribution in [0.25, 0.3) is 11.4 Å². The molecule has 1 heterocycles. The van der Waals surface area contributed by atoms with Gasteiger partial charge in [0, 0.05) is 22.5 Å². The molecule has 2 aromatic rings. The lowest BCUT2D eigenvalue weighted by molar-refractivity contribution is 0.352. The van der Waals surface area contributed by atoms with E-state index in [1.807, 2.05) is 7.05 Å².